The maximum absolute atomic E-state index is 13.1. The molecule has 106 valence electrons. The van der Waals surface area contributed by atoms with E-state index in [1.54, 1.807) is 0 Å². The number of halogens is 1. The normalized spacial score (nSPS) is 18.6. The van der Waals surface area contributed by atoms with Crippen LogP contribution < -0.4 is 4.90 Å². The third-order valence-electron chi connectivity index (χ3n) is 3.91. The molecule has 19 heavy (non-hydrogen) atoms. The minimum absolute atomic E-state index is 0.175. The SMILES string of the molecule is CCC(C)N1CCN(c2ncc(F)cc2CO)CC1. The Morgan fingerprint density at radius 1 is 1.37 bits per heavy atom. The van der Waals surface area contributed by atoms with E-state index in [2.05, 4.69) is 28.6 Å². The summed E-state index contributed by atoms with van der Waals surface area (Å²) in [6, 6.07) is 1.96. The van der Waals surface area contributed by atoms with Crippen LogP contribution in [0.15, 0.2) is 12.3 Å². The fourth-order valence-electron chi connectivity index (χ4n) is 2.51. The van der Waals surface area contributed by atoms with Crippen LogP contribution in [0.25, 0.3) is 0 Å². The average Bonchev–Trinajstić information content (AvgIpc) is 2.46. The summed E-state index contributed by atoms with van der Waals surface area (Å²) in [7, 11) is 0. The van der Waals surface area contributed by atoms with E-state index in [0.717, 1.165) is 32.6 Å². The molecule has 4 nitrogen and oxygen atoms in total. The van der Waals surface area contributed by atoms with Crippen LogP contribution in [-0.2, 0) is 6.61 Å². The fraction of sp³-hybridized carbons (Fsp3) is 0.643. The van der Waals surface area contributed by atoms with Gasteiger partial charge in [-0.25, -0.2) is 9.37 Å². The van der Waals surface area contributed by atoms with E-state index in [4.69, 9.17) is 0 Å². The van der Waals surface area contributed by atoms with Crippen molar-refractivity contribution >= 4 is 5.82 Å². The average molecular weight is 267 g/mol. The molecule has 5 heteroatoms. The molecular formula is C14H22FN3O. The Hall–Kier alpha value is -1.20. The number of pyridine rings is 1. The second kappa shape index (κ2) is 6.30. The van der Waals surface area contributed by atoms with Crippen LogP contribution in [0.2, 0.25) is 0 Å². The third kappa shape index (κ3) is 3.22. The zero-order valence-electron chi connectivity index (χ0n) is 11.6. The van der Waals surface area contributed by atoms with Gasteiger partial charge in [0.2, 0.25) is 0 Å². The molecule has 0 aromatic carbocycles. The molecule has 1 aromatic heterocycles. The summed E-state index contributed by atoms with van der Waals surface area (Å²) < 4.78 is 13.1. The molecular weight excluding hydrogens is 245 g/mol. The lowest BCUT2D eigenvalue weighted by Gasteiger charge is -2.38. The molecule has 1 N–H and O–H groups in total. The zero-order chi connectivity index (χ0) is 13.8. The first-order valence-electron chi connectivity index (χ1n) is 6.90. The molecule has 0 amide bonds. The first-order chi connectivity index (χ1) is 9.15. The number of aliphatic hydroxyl groups excluding tert-OH is 1. The number of hydrogen-bond acceptors (Lipinski definition) is 4. The molecule has 2 rings (SSSR count). The van der Waals surface area contributed by atoms with E-state index in [1.807, 2.05) is 0 Å². The Morgan fingerprint density at radius 2 is 2.05 bits per heavy atom. The summed E-state index contributed by atoms with van der Waals surface area (Å²) in [4.78, 5) is 8.72. The van der Waals surface area contributed by atoms with Crippen molar-refractivity contribution in [2.75, 3.05) is 31.1 Å². The topological polar surface area (TPSA) is 39.6 Å². The first kappa shape index (κ1) is 14.2. The van der Waals surface area contributed by atoms with Crippen molar-refractivity contribution in [3.05, 3.63) is 23.6 Å². The van der Waals surface area contributed by atoms with Crippen LogP contribution in [-0.4, -0.2) is 47.2 Å². The quantitative estimate of drug-likeness (QED) is 0.900. The van der Waals surface area contributed by atoms with Crippen LogP contribution in [0.5, 0.6) is 0 Å². The molecule has 1 atom stereocenters. The standard InChI is InChI=1S/C14H22FN3O/c1-3-11(2)17-4-6-18(7-5-17)14-12(10-19)8-13(15)9-16-14/h8-9,11,19H,3-7,10H2,1-2H3. The minimum Gasteiger partial charge on any atom is -0.392 e. The van der Waals surface area contributed by atoms with Crippen LogP contribution in [0.1, 0.15) is 25.8 Å². The van der Waals surface area contributed by atoms with E-state index >= 15 is 0 Å². The van der Waals surface area contributed by atoms with Crippen LogP contribution in [0, 0.1) is 5.82 Å². The molecule has 1 fully saturated rings. The molecule has 0 saturated carbocycles. The number of hydrogen-bond donors (Lipinski definition) is 1. The molecule has 1 aliphatic rings. The van der Waals surface area contributed by atoms with Gasteiger partial charge in [0.15, 0.2) is 0 Å². The van der Waals surface area contributed by atoms with Gasteiger partial charge < -0.3 is 10.0 Å². The van der Waals surface area contributed by atoms with Gasteiger partial charge in [0.25, 0.3) is 0 Å². The molecule has 2 heterocycles. The van der Waals surface area contributed by atoms with Crippen molar-refractivity contribution in [3.8, 4) is 0 Å². The van der Waals surface area contributed by atoms with Gasteiger partial charge in [-0.2, -0.15) is 0 Å². The van der Waals surface area contributed by atoms with Crippen molar-refractivity contribution in [2.24, 2.45) is 0 Å². The van der Waals surface area contributed by atoms with Gasteiger partial charge in [-0.15, -0.1) is 0 Å². The summed E-state index contributed by atoms with van der Waals surface area (Å²) in [6.07, 6.45) is 2.37. The fourth-order valence-corrected chi connectivity index (χ4v) is 2.51. The molecule has 0 radical (unpaired) electrons. The highest BCUT2D eigenvalue weighted by Crippen LogP contribution is 2.21. The molecule has 1 saturated heterocycles. The van der Waals surface area contributed by atoms with Crippen molar-refractivity contribution in [1.82, 2.24) is 9.88 Å². The second-order valence-electron chi connectivity index (χ2n) is 5.07. The Morgan fingerprint density at radius 3 is 2.63 bits per heavy atom. The highest BCUT2D eigenvalue weighted by Gasteiger charge is 2.22. The Kier molecular flexibility index (Phi) is 4.71. The second-order valence-corrected chi connectivity index (χ2v) is 5.07. The Balaban J connectivity index is 2.05. The maximum Gasteiger partial charge on any atom is 0.142 e. The third-order valence-corrected chi connectivity index (χ3v) is 3.91. The van der Waals surface area contributed by atoms with Gasteiger partial charge >= 0.3 is 0 Å². The van der Waals surface area contributed by atoms with E-state index < -0.39 is 5.82 Å². The highest BCUT2D eigenvalue weighted by molar-refractivity contribution is 5.47. The number of anilines is 1. The molecule has 1 aliphatic heterocycles. The molecule has 0 spiro atoms. The van der Waals surface area contributed by atoms with Gasteiger partial charge in [0.05, 0.1) is 12.8 Å². The molecule has 0 aliphatic carbocycles. The largest absolute Gasteiger partial charge is 0.392 e. The predicted octanol–water partition coefficient (Wildman–Crippen LogP) is 1.63. The predicted molar refractivity (Wildman–Crippen MR) is 73.7 cm³/mol. The van der Waals surface area contributed by atoms with Gasteiger partial charge in [-0.3, -0.25) is 4.90 Å². The van der Waals surface area contributed by atoms with Crippen molar-refractivity contribution in [3.63, 3.8) is 0 Å². The van der Waals surface area contributed by atoms with Crippen LogP contribution in [0.3, 0.4) is 0 Å². The van der Waals surface area contributed by atoms with Crippen molar-refractivity contribution in [2.45, 2.75) is 32.9 Å². The van der Waals surface area contributed by atoms with Crippen molar-refractivity contribution in [1.29, 1.82) is 0 Å². The van der Waals surface area contributed by atoms with Gasteiger partial charge in [0.1, 0.15) is 11.6 Å². The number of nitrogens with zero attached hydrogens (tertiary/aromatic N) is 3. The Labute approximate surface area is 113 Å². The monoisotopic (exact) mass is 267 g/mol. The van der Waals surface area contributed by atoms with Crippen LogP contribution >= 0.6 is 0 Å². The summed E-state index contributed by atoms with van der Waals surface area (Å²) in [5.41, 5.74) is 0.567. The van der Waals surface area contributed by atoms with Gasteiger partial charge in [-0.1, -0.05) is 6.92 Å². The van der Waals surface area contributed by atoms with E-state index in [1.165, 1.54) is 12.3 Å². The van der Waals surface area contributed by atoms with Crippen LogP contribution in [0.4, 0.5) is 10.2 Å². The molecule has 1 unspecified atom stereocenters. The van der Waals surface area contributed by atoms with Crippen molar-refractivity contribution < 1.29 is 9.50 Å². The van der Waals surface area contributed by atoms with E-state index in [0.29, 0.717) is 17.4 Å². The molecule has 1 aromatic rings. The van der Waals surface area contributed by atoms with Gasteiger partial charge in [-0.05, 0) is 19.4 Å². The summed E-state index contributed by atoms with van der Waals surface area (Å²) in [5.74, 6) is 0.318. The molecule has 0 bridgehead atoms. The number of aliphatic hydroxyl groups is 1. The lowest BCUT2D eigenvalue weighted by molar-refractivity contribution is 0.192. The lowest BCUT2D eigenvalue weighted by Crippen LogP contribution is -2.50. The summed E-state index contributed by atoms with van der Waals surface area (Å²) in [6.45, 7) is 7.98. The van der Waals surface area contributed by atoms with E-state index in [9.17, 15) is 9.50 Å². The highest BCUT2D eigenvalue weighted by atomic mass is 19.1. The smallest absolute Gasteiger partial charge is 0.142 e. The Bertz CT molecular complexity index is 419. The first-order valence-corrected chi connectivity index (χ1v) is 6.90. The lowest BCUT2D eigenvalue weighted by atomic mass is 10.1. The zero-order valence-corrected chi connectivity index (χ0v) is 11.6. The maximum atomic E-state index is 13.1. The minimum atomic E-state index is -0.397. The summed E-state index contributed by atoms with van der Waals surface area (Å²) in [5, 5.41) is 9.31. The number of aromatic nitrogens is 1. The number of piperazine rings is 1. The summed E-state index contributed by atoms with van der Waals surface area (Å²) >= 11 is 0. The van der Waals surface area contributed by atoms with E-state index in [-0.39, 0.29) is 6.61 Å². The number of rotatable bonds is 4. The van der Waals surface area contributed by atoms with Gasteiger partial charge in [0, 0.05) is 37.8 Å².